The van der Waals surface area contributed by atoms with E-state index in [1.807, 2.05) is 4.90 Å². The van der Waals surface area contributed by atoms with E-state index >= 15 is 0 Å². The zero-order valence-electron chi connectivity index (χ0n) is 11.9. The van der Waals surface area contributed by atoms with Gasteiger partial charge in [-0.05, 0) is 25.7 Å². The Kier molecular flexibility index (Phi) is 5.60. The summed E-state index contributed by atoms with van der Waals surface area (Å²) in [7, 11) is 0. The maximum atomic E-state index is 12.1. The molecule has 2 aliphatic rings. The van der Waals surface area contributed by atoms with Crippen LogP contribution in [0.15, 0.2) is 0 Å². The van der Waals surface area contributed by atoms with E-state index in [0.29, 0.717) is 31.6 Å². The number of carbonyl (C=O) groups is 1. The molecular formula is C14H26N2O3. The molecule has 0 saturated carbocycles. The zero-order chi connectivity index (χ0) is 13.7. The number of aliphatic hydroxyl groups excluding tert-OH is 1. The first-order chi connectivity index (χ1) is 9.20. The van der Waals surface area contributed by atoms with Crippen molar-refractivity contribution in [3.63, 3.8) is 0 Å². The predicted molar refractivity (Wildman–Crippen MR) is 72.9 cm³/mol. The SMILES string of the molecule is CC1CCC(CO)CN1CCC(=O)N1CCOCC1. The molecule has 0 aromatic heterocycles. The molecule has 0 aromatic carbocycles. The molecular weight excluding hydrogens is 244 g/mol. The van der Waals surface area contributed by atoms with Crippen LogP contribution >= 0.6 is 0 Å². The molecule has 0 aromatic rings. The van der Waals surface area contributed by atoms with E-state index in [9.17, 15) is 9.90 Å². The quantitative estimate of drug-likeness (QED) is 0.800. The van der Waals surface area contributed by atoms with Gasteiger partial charge in [0.05, 0.1) is 13.2 Å². The Bertz CT molecular complexity index is 292. The van der Waals surface area contributed by atoms with Crippen molar-refractivity contribution in [1.82, 2.24) is 9.80 Å². The molecule has 2 fully saturated rings. The molecule has 1 N–H and O–H groups in total. The summed E-state index contributed by atoms with van der Waals surface area (Å²) in [5.74, 6) is 0.622. The summed E-state index contributed by atoms with van der Waals surface area (Å²) in [5.41, 5.74) is 0. The third-order valence-electron chi connectivity index (χ3n) is 4.34. The molecule has 5 nitrogen and oxygen atoms in total. The van der Waals surface area contributed by atoms with E-state index in [2.05, 4.69) is 11.8 Å². The van der Waals surface area contributed by atoms with Crippen LogP contribution < -0.4 is 0 Å². The van der Waals surface area contributed by atoms with Gasteiger partial charge in [-0.1, -0.05) is 0 Å². The average Bonchev–Trinajstić information content (AvgIpc) is 2.47. The van der Waals surface area contributed by atoms with Crippen LogP contribution in [0.3, 0.4) is 0 Å². The fraction of sp³-hybridized carbons (Fsp3) is 0.929. The Hall–Kier alpha value is -0.650. The minimum atomic E-state index is 0.238. The number of rotatable bonds is 4. The van der Waals surface area contributed by atoms with E-state index in [-0.39, 0.29) is 12.5 Å². The molecule has 2 rings (SSSR count). The molecule has 110 valence electrons. The Labute approximate surface area is 115 Å². The molecule has 0 aliphatic carbocycles. The molecule has 0 bridgehead atoms. The van der Waals surface area contributed by atoms with Crippen LogP contribution in [0.25, 0.3) is 0 Å². The second-order valence-corrected chi connectivity index (χ2v) is 5.71. The number of aliphatic hydroxyl groups is 1. The highest BCUT2D eigenvalue weighted by molar-refractivity contribution is 5.76. The molecule has 0 spiro atoms. The molecule has 19 heavy (non-hydrogen) atoms. The van der Waals surface area contributed by atoms with Gasteiger partial charge in [-0.25, -0.2) is 0 Å². The number of ether oxygens (including phenoxy) is 1. The van der Waals surface area contributed by atoms with Gasteiger partial charge in [0.2, 0.25) is 5.91 Å². The van der Waals surface area contributed by atoms with Gasteiger partial charge in [-0.3, -0.25) is 9.69 Å². The lowest BCUT2D eigenvalue weighted by Gasteiger charge is -2.37. The molecule has 5 heteroatoms. The van der Waals surface area contributed by atoms with E-state index in [4.69, 9.17) is 4.74 Å². The molecule has 2 aliphatic heterocycles. The maximum absolute atomic E-state index is 12.1. The normalized spacial score (nSPS) is 29.5. The van der Waals surface area contributed by atoms with E-state index < -0.39 is 0 Å². The summed E-state index contributed by atoms with van der Waals surface area (Å²) in [6.07, 6.45) is 2.81. The highest BCUT2D eigenvalue weighted by Crippen LogP contribution is 2.21. The summed E-state index contributed by atoms with van der Waals surface area (Å²) in [5, 5.41) is 9.26. The number of hydrogen-bond acceptors (Lipinski definition) is 4. The first-order valence-electron chi connectivity index (χ1n) is 7.41. The Morgan fingerprint density at radius 2 is 2.05 bits per heavy atom. The van der Waals surface area contributed by atoms with Gasteiger partial charge in [0, 0.05) is 45.2 Å². The highest BCUT2D eigenvalue weighted by Gasteiger charge is 2.26. The molecule has 1 amide bonds. The van der Waals surface area contributed by atoms with Crippen molar-refractivity contribution >= 4 is 5.91 Å². The van der Waals surface area contributed by atoms with Crippen molar-refractivity contribution in [3.05, 3.63) is 0 Å². The van der Waals surface area contributed by atoms with E-state index in [1.54, 1.807) is 0 Å². The number of amides is 1. The van der Waals surface area contributed by atoms with Gasteiger partial charge < -0.3 is 14.7 Å². The lowest BCUT2D eigenvalue weighted by atomic mass is 9.94. The fourth-order valence-corrected chi connectivity index (χ4v) is 2.93. The Balaban J connectivity index is 1.75. The first-order valence-corrected chi connectivity index (χ1v) is 7.41. The minimum Gasteiger partial charge on any atom is -0.396 e. The number of morpholine rings is 1. The number of hydrogen-bond donors (Lipinski definition) is 1. The van der Waals surface area contributed by atoms with Crippen molar-refractivity contribution in [3.8, 4) is 0 Å². The third kappa shape index (κ3) is 4.16. The van der Waals surface area contributed by atoms with Crippen molar-refractivity contribution in [2.45, 2.75) is 32.2 Å². The molecule has 0 radical (unpaired) electrons. The first kappa shape index (κ1) is 14.8. The lowest BCUT2D eigenvalue weighted by Crippen LogP contribution is -2.46. The van der Waals surface area contributed by atoms with Crippen molar-refractivity contribution in [2.75, 3.05) is 46.0 Å². The Morgan fingerprint density at radius 3 is 2.74 bits per heavy atom. The van der Waals surface area contributed by atoms with Crippen molar-refractivity contribution in [1.29, 1.82) is 0 Å². The molecule has 2 unspecified atom stereocenters. The average molecular weight is 270 g/mol. The largest absolute Gasteiger partial charge is 0.396 e. The predicted octanol–water partition coefficient (Wildman–Crippen LogP) is 0.328. The van der Waals surface area contributed by atoms with E-state index in [0.717, 1.165) is 39.0 Å². The molecule has 2 atom stereocenters. The Morgan fingerprint density at radius 1 is 1.32 bits per heavy atom. The highest BCUT2D eigenvalue weighted by atomic mass is 16.5. The summed E-state index contributed by atoms with van der Waals surface area (Å²) in [6, 6.07) is 0.528. The van der Waals surface area contributed by atoms with Gasteiger partial charge in [-0.15, -0.1) is 0 Å². The van der Waals surface area contributed by atoms with Gasteiger partial charge in [0.1, 0.15) is 0 Å². The standard InChI is InChI=1S/C14H26N2O3/c1-12-2-3-13(11-17)10-16(12)5-4-14(18)15-6-8-19-9-7-15/h12-13,17H,2-11H2,1H3. The zero-order valence-corrected chi connectivity index (χ0v) is 11.9. The van der Waals surface area contributed by atoms with Gasteiger partial charge in [-0.2, -0.15) is 0 Å². The topological polar surface area (TPSA) is 53.0 Å². The molecule has 2 heterocycles. The fourth-order valence-electron chi connectivity index (χ4n) is 2.93. The smallest absolute Gasteiger partial charge is 0.224 e. The maximum Gasteiger partial charge on any atom is 0.224 e. The number of nitrogens with zero attached hydrogens (tertiary/aromatic N) is 2. The number of likely N-dealkylation sites (tertiary alicyclic amines) is 1. The summed E-state index contributed by atoms with van der Waals surface area (Å²) in [6.45, 7) is 7.01. The van der Waals surface area contributed by atoms with Crippen LogP contribution in [-0.2, 0) is 9.53 Å². The van der Waals surface area contributed by atoms with Crippen LogP contribution in [0.1, 0.15) is 26.2 Å². The van der Waals surface area contributed by atoms with Crippen LogP contribution in [0, 0.1) is 5.92 Å². The summed E-state index contributed by atoms with van der Waals surface area (Å²) < 4.78 is 5.26. The second kappa shape index (κ2) is 7.22. The lowest BCUT2D eigenvalue weighted by molar-refractivity contribution is -0.135. The summed E-state index contributed by atoms with van der Waals surface area (Å²) in [4.78, 5) is 16.3. The van der Waals surface area contributed by atoms with Gasteiger partial charge in [0.25, 0.3) is 0 Å². The molecule has 2 saturated heterocycles. The number of carbonyl (C=O) groups excluding carboxylic acids is 1. The van der Waals surface area contributed by atoms with Crippen molar-refractivity contribution < 1.29 is 14.6 Å². The summed E-state index contributed by atoms with van der Waals surface area (Å²) >= 11 is 0. The minimum absolute atomic E-state index is 0.238. The number of piperidine rings is 1. The van der Waals surface area contributed by atoms with Crippen LogP contribution in [0.2, 0.25) is 0 Å². The van der Waals surface area contributed by atoms with Crippen LogP contribution in [-0.4, -0.2) is 72.9 Å². The van der Waals surface area contributed by atoms with Crippen LogP contribution in [0.5, 0.6) is 0 Å². The third-order valence-corrected chi connectivity index (χ3v) is 4.34. The van der Waals surface area contributed by atoms with Crippen LogP contribution in [0.4, 0.5) is 0 Å². The van der Waals surface area contributed by atoms with E-state index in [1.165, 1.54) is 0 Å². The van der Waals surface area contributed by atoms with Gasteiger partial charge >= 0.3 is 0 Å². The second-order valence-electron chi connectivity index (χ2n) is 5.71. The van der Waals surface area contributed by atoms with Gasteiger partial charge in [0.15, 0.2) is 0 Å². The van der Waals surface area contributed by atoms with Crippen molar-refractivity contribution in [2.24, 2.45) is 5.92 Å². The monoisotopic (exact) mass is 270 g/mol.